The zero-order chi connectivity index (χ0) is 15.5. The fourth-order valence-electron chi connectivity index (χ4n) is 2.50. The monoisotopic (exact) mass is 313 g/mol. The standard InChI is InChI=1S/C14H23N3O3S/c1-14(10-15)6-7-17(11-14)8-9-20-12-2-4-13(5-3-12)21(16,18)19/h2-5H,6-11,15H2,1H3,(H2,16,18,19). The van der Waals surface area contributed by atoms with Gasteiger partial charge >= 0.3 is 0 Å². The van der Waals surface area contributed by atoms with Gasteiger partial charge in [0.25, 0.3) is 0 Å². The molecule has 1 heterocycles. The Bertz CT molecular complexity index is 574. The van der Waals surface area contributed by atoms with Crippen molar-refractivity contribution in [1.29, 1.82) is 0 Å². The average molecular weight is 313 g/mol. The molecule has 0 radical (unpaired) electrons. The number of nitrogens with two attached hydrogens (primary N) is 2. The first-order valence-electron chi connectivity index (χ1n) is 7.00. The van der Waals surface area contributed by atoms with E-state index in [1.54, 1.807) is 12.1 Å². The summed E-state index contributed by atoms with van der Waals surface area (Å²) in [7, 11) is -3.64. The molecule has 1 aromatic rings. The lowest BCUT2D eigenvalue weighted by atomic mass is 9.90. The molecule has 1 fully saturated rings. The van der Waals surface area contributed by atoms with Crippen LogP contribution in [-0.2, 0) is 10.0 Å². The Labute approximate surface area is 126 Å². The maximum atomic E-state index is 11.1. The number of rotatable bonds is 6. The number of hydrogen-bond acceptors (Lipinski definition) is 5. The fourth-order valence-corrected chi connectivity index (χ4v) is 3.02. The fraction of sp³-hybridized carbons (Fsp3) is 0.571. The van der Waals surface area contributed by atoms with E-state index in [4.69, 9.17) is 15.6 Å². The smallest absolute Gasteiger partial charge is 0.238 e. The van der Waals surface area contributed by atoms with Crippen molar-refractivity contribution in [3.63, 3.8) is 0 Å². The van der Waals surface area contributed by atoms with Gasteiger partial charge in [-0.05, 0) is 49.2 Å². The SMILES string of the molecule is CC1(CN)CCN(CCOc2ccc(S(N)(=O)=O)cc2)C1. The lowest BCUT2D eigenvalue weighted by Gasteiger charge is -2.22. The van der Waals surface area contributed by atoms with E-state index in [0.717, 1.165) is 26.1 Å². The van der Waals surface area contributed by atoms with Crippen molar-refractivity contribution in [2.75, 3.05) is 32.8 Å². The molecule has 1 aromatic carbocycles. The van der Waals surface area contributed by atoms with Crippen LogP contribution in [0.1, 0.15) is 13.3 Å². The maximum absolute atomic E-state index is 11.1. The van der Waals surface area contributed by atoms with Crippen molar-refractivity contribution < 1.29 is 13.2 Å². The quantitative estimate of drug-likeness (QED) is 0.791. The minimum atomic E-state index is -3.64. The summed E-state index contributed by atoms with van der Waals surface area (Å²) in [5, 5.41) is 5.04. The Kier molecular flexibility index (Phi) is 4.88. The molecule has 6 nitrogen and oxygen atoms in total. The zero-order valence-corrected chi connectivity index (χ0v) is 13.1. The molecule has 0 bridgehead atoms. The van der Waals surface area contributed by atoms with Crippen molar-refractivity contribution in [3.05, 3.63) is 24.3 Å². The van der Waals surface area contributed by atoms with Crippen molar-refractivity contribution in [1.82, 2.24) is 4.90 Å². The second kappa shape index (κ2) is 6.31. The molecule has 21 heavy (non-hydrogen) atoms. The van der Waals surface area contributed by atoms with Gasteiger partial charge in [0, 0.05) is 13.1 Å². The Morgan fingerprint density at radius 2 is 2.00 bits per heavy atom. The Morgan fingerprint density at radius 3 is 2.52 bits per heavy atom. The summed E-state index contributed by atoms with van der Waals surface area (Å²) in [6.07, 6.45) is 1.12. The number of sulfonamides is 1. The van der Waals surface area contributed by atoms with Crippen LogP contribution in [-0.4, -0.2) is 46.1 Å². The van der Waals surface area contributed by atoms with Crippen LogP contribution in [0.4, 0.5) is 0 Å². The number of ether oxygens (including phenoxy) is 1. The molecule has 0 saturated carbocycles. The molecule has 0 amide bonds. The Hall–Kier alpha value is -1.15. The first-order chi connectivity index (χ1) is 9.82. The van der Waals surface area contributed by atoms with E-state index in [1.165, 1.54) is 12.1 Å². The number of hydrogen-bond donors (Lipinski definition) is 2. The highest BCUT2D eigenvalue weighted by Gasteiger charge is 2.31. The van der Waals surface area contributed by atoms with Crippen molar-refractivity contribution >= 4 is 10.0 Å². The van der Waals surface area contributed by atoms with E-state index >= 15 is 0 Å². The zero-order valence-electron chi connectivity index (χ0n) is 12.3. The van der Waals surface area contributed by atoms with Crippen LogP contribution < -0.4 is 15.6 Å². The molecule has 1 aliphatic rings. The highest BCUT2D eigenvalue weighted by molar-refractivity contribution is 7.89. The summed E-state index contributed by atoms with van der Waals surface area (Å²) in [4.78, 5) is 2.43. The molecule has 7 heteroatoms. The van der Waals surface area contributed by atoms with Crippen LogP contribution in [0.5, 0.6) is 5.75 Å². The van der Waals surface area contributed by atoms with E-state index in [2.05, 4.69) is 11.8 Å². The maximum Gasteiger partial charge on any atom is 0.238 e. The van der Waals surface area contributed by atoms with E-state index < -0.39 is 10.0 Å². The Morgan fingerprint density at radius 1 is 1.33 bits per heavy atom. The molecule has 1 atom stereocenters. The van der Waals surface area contributed by atoms with Crippen LogP contribution in [0.3, 0.4) is 0 Å². The molecular weight excluding hydrogens is 290 g/mol. The van der Waals surface area contributed by atoms with Gasteiger partial charge in [-0.2, -0.15) is 0 Å². The molecule has 1 saturated heterocycles. The van der Waals surface area contributed by atoms with Crippen LogP contribution in [0, 0.1) is 5.41 Å². The molecule has 0 aliphatic carbocycles. The van der Waals surface area contributed by atoms with Gasteiger partial charge in [-0.15, -0.1) is 0 Å². The van der Waals surface area contributed by atoms with E-state index in [0.29, 0.717) is 18.9 Å². The third-order valence-corrected chi connectivity index (χ3v) is 4.89. The molecule has 0 spiro atoms. The van der Waals surface area contributed by atoms with E-state index in [-0.39, 0.29) is 10.3 Å². The summed E-state index contributed by atoms with van der Waals surface area (Å²) in [6.45, 7) is 6.36. The lowest BCUT2D eigenvalue weighted by Crippen LogP contribution is -2.33. The normalized spacial score (nSPS) is 23.4. The van der Waals surface area contributed by atoms with Gasteiger partial charge in [0.1, 0.15) is 12.4 Å². The van der Waals surface area contributed by atoms with E-state index in [1.807, 2.05) is 0 Å². The lowest BCUT2D eigenvalue weighted by molar-refractivity contribution is 0.219. The first kappa shape index (κ1) is 16.2. The van der Waals surface area contributed by atoms with Gasteiger partial charge in [-0.25, -0.2) is 13.6 Å². The summed E-state index contributed by atoms with van der Waals surface area (Å²) in [5.74, 6) is 0.642. The van der Waals surface area contributed by atoms with Gasteiger partial charge < -0.3 is 10.5 Å². The minimum absolute atomic E-state index is 0.0908. The summed E-state index contributed by atoms with van der Waals surface area (Å²) < 4.78 is 27.9. The molecule has 1 unspecified atom stereocenters. The van der Waals surface area contributed by atoms with Crippen molar-refractivity contribution in [2.24, 2.45) is 16.3 Å². The second-order valence-electron chi connectivity index (χ2n) is 5.91. The largest absolute Gasteiger partial charge is 0.492 e. The average Bonchev–Trinajstić information content (AvgIpc) is 2.81. The van der Waals surface area contributed by atoms with Crippen molar-refractivity contribution in [3.8, 4) is 5.75 Å². The number of benzene rings is 1. The molecule has 0 aromatic heterocycles. The highest BCUT2D eigenvalue weighted by Crippen LogP contribution is 2.28. The number of primary sulfonamides is 1. The van der Waals surface area contributed by atoms with Crippen LogP contribution >= 0.6 is 0 Å². The van der Waals surface area contributed by atoms with E-state index in [9.17, 15) is 8.42 Å². The molecule has 2 rings (SSSR count). The molecule has 4 N–H and O–H groups in total. The third-order valence-electron chi connectivity index (χ3n) is 3.96. The minimum Gasteiger partial charge on any atom is -0.492 e. The molecule has 1 aliphatic heterocycles. The van der Waals surface area contributed by atoms with Crippen LogP contribution in [0.25, 0.3) is 0 Å². The molecular formula is C14H23N3O3S. The predicted molar refractivity (Wildman–Crippen MR) is 81.5 cm³/mol. The van der Waals surface area contributed by atoms with Gasteiger partial charge in [0.2, 0.25) is 10.0 Å². The number of likely N-dealkylation sites (tertiary alicyclic amines) is 1. The van der Waals surface area contributed by atoms with Gasteiger partial charge in [-0.1, -0.05) is 6.92 Å². The summed E-state index contributed by atoms with van der Waals surface area (Å²) in [6, 6.07) is 6.14. The topological polar surface area (TPSA) is 98.6 Å². The van der Waals surface area contributed by atoms with Crippen LogP contribution in [0.15, 0.2) is 29.2 Å². The first-order valence-corrected chi connectivity index (χ1v) is 8.55. The van der Waals surface area contributed by atoms with Gasteiger partial charge in [0.15, 0.2) is 0 Å². The van der Waals surface area contributed by atoms with Crippen molar-refractivity contribution in [2.45, 2.75) is 18.2 Å². The summed E-state index contributed by atoms with van der Waals surface area (Å²) >= 11 is 0. The Balaban J connectivity index is 1.79. The van der Waals surface area contributed by atoms with Gasteiger partial charge in [-0.3, -0.25) is 4.90 Å². The number of nitrogens with zero attached hydrogens (tertiary/aromatic N) is 1. The second-order valence-corrected chi connectivity index (χ2v) is 7.47. The third kappa shape index (κ3) is 4.41. The predicted octanol–water partition coefficient (Wildman–Crippen LogP) is 0.384. The highest BCUT2D eigenvalue weighted by atomic mass is 32.2. The summed E-state index contributed by atoms with van der Waals surface area (Å²) in [5.41, 5.74) is 6.00. The van der Waals surface area contributed by atoms with Gasteiger partial charge in [0.05, 0.1) is 4.90 Å². The van der Waals surface area contributed by atoms with Crippen LogP contribution in [0.2, 0.25) is 0 Å². The molecule has 118 valence electrons.